The molecule has 0 radical (unpaired) electrons. The van der Waals surface area contributed by atoms with Gasteiger partial charge >= 0.3 is 0 Å². The molecule has 1 aromatic carbocycles. The van der Waals surface area contributed by atoms with Gasteiger partial charge in [0, 0.05) is 24.2 Å². The number of likely N-dealkylation sites (N-methyl/N-ethyl adjacent to an activating group) is 1. The predicted octanol–water partition coefficient (Wildman–Crippen LogP) is 0.687. The van der Waals surface area contributed by atoms with Crippen molar-refractivity contribution in [3.8, 4) is 0 Å². The van der Waals surface area contributed by atoms with Crippen molar-refractivity contribution in [3.05, 3.63) is 22.7 Å². The zero-order chi connectivity index (χ0) is 17.8. The van der Waals surface area contributed by atoms with Gasteiger partial charge in [0.1, 0.15) is 0 Å². The summed E-state index contributed by atoms with van der Waals surface area (Å²) in [6.07, 6.45) is 0.0814. The van der Waals surface area contributed by atoms with Crippen molar-refractivity contribution in [2.75, 3.05) is 12.4 Å². The van der Waals surface area contributed by atoms with Crippen molar-refractivity contribution in [1.29, 1.82) is 0 Å². The van der Waals surface area contributed by atoms with Crippen molar-refractivity contribution in [3.63, 3.8) is 0 Å². The van der Waals surface area contributed by atoms with Gasteiger partial charge in [-0.05, 0) is 31.0 Å². The average molecular weight is 364 g/mol. The number of carbonyl (C=O) groups excluding carboxylic acids is 2. The van der Waals surface area contributed by atoms with E-state index in [0.29, 0.717) is 5.56 Å². The van der Waals surface area contributed by atoms with Gasteiger partial charge in [-0.15, -0.1) is 0 Å². The van der Waals surface area contributed by atoms with Crippen molar-refractivity contribution in [2.45, 2.75) is 30.7 Å². The third kappa shape index (κ3) is 5.47. The minimum atomic E-state index is -4.45. The summed E-state index contributed by atoms with van der Waals surface area (Å²) in [4.78, 5) is 22.7. The lowest BCUT2D eigenvalue weighted by Crippen LogP contribution is -2.39. The van der Waals surface area contributed by atoms with E-state index in [-0.39, 0.29) is 29.5 Å². The highest BCUT2D eigenvalue weighted by Gasteiger charge is 2.17. The first-order valence-electron chi connectivity index (χ1n) is 6.61. The third-order valence-electron chi connectivity index (χ3n) is 3.16. The molecule has 0 aliphatic carbocycles. The topological polar surface area (TPSA) is 139 Å². The second-order valence-electron chi connectivity index (χ2n) is 4.86. The zero-order valence-corrected chi connectivity index (χ0v) is 14.2. The normalized spacial score (nSPS) is 12.6. The number of amides is 2. The van der Waals surface area contributed by atoms with Gasteiger partial charge in [-0.2, -0.15) is 8.42 Å². The molecule has 0 unspecified atom stereocenters. The first-order valence-corrected chi connectivity index (χ1v) is 8.42. The second-order valence-corrected chi connectivity index (χ2v) is 6.69. The summed E-state index contributed by atoms with van der Waals surface area (Å²) in [6.45, 7) is 1.59. The third-order valence-corrected chi connectivity index (χ3v) is 4.38. The lowest BCUT2D eigenvalue weighted by Gasteiger charge is -2.13. The Bertz CT molecular complexity index is 721. The van der Waals surface area contributed by atoms with Gasteiger partial charge in [-0.3, -0.25) is 14.1 Å². The van der Waals surface area contributed by atoms with Crippen molar-refractivity contribution >= 4 is 39.2 Å². The summed E-state index contributed by atoms with van der Waals surface area (Å²) in [7, 11) is -3.01. The Kier molecular flexibility index (Phi) is 6.51. The van der Waals surface area contributed by atoms with E-state index < -0.39 is 27.0 Å². The fourth-order valence-corrected chi connectivity index (χ4v) is 2.57. The molecule has 0 bridgehead atoms. The summed E-state index contributed by atoms with van der Waals surface area (Å²) < 4.78 is 31.4. The van der Waals surface area contributed by atoms with E-state index in [1.807, 2.05) is 0 Å². The lowest BCUT2D eigenvalue weighted by molar-refractivity contribution is -0.122. The van der Waals surface area contributed by atoms with E-state index >= 15 is 0 Å². The Morgan fingerprint density at radius 1 is 1.39 bits per heavy atom. The van der Waals surface area contributed by atoms with Gasteiger partial charge in [-0.25, -0.2) is 0 Å². The molecule has 0 spiro atoms. The number of anilines is 1. The van der Waals surface area contributed by atoms with E-state index in [1.165, 1.54) is 7.05 Å². The zero-order valence-electron chi connectivity index (χ0n) is 12.6. The highest BCUT2D eigenvalue weighted by Crippen LogP contribution is 2.28. The highest BCUT2D eigenvalue weighted by atomic mass is 35.5. The van der Waals surface area contributed by atoms with Crippen LogP contribution in [0.15, 0.2) is 17.0 Å². The molecule has 1 aromatic rings. The van der Waals surface area contributed by atoms with Crippen molar-refractivity contribution in [1.82, 2.24) is 5.32 Å². The molecule has 0 aromatic heterocycles. The number of hydrogen-bond donors (Lipinski definition) is 4. The number of hydrogen-bond acceptors (Lipinski definition) is 5. The summed E-state index contributed by atoms with van der Waals surface area (Å²) in [5.74, 6) is -0.846. The Labute approximate surface area is 139 Å². The van der Waals surface area contributed by atoms with E-state index in [1.54, 1.807) is 6.92 Å². The number of halogens is 1. The van der Waals surface area contributed by atoms with Gasteiger partial charge in [0.05, 0.1) is 10.9 Å². The van der Waals surface area contributed by atoms with Gasteiger partial charge < -0.3 is 16.4 Å². The molecule has 128 valence electrons. The van der Waals surface area contributed by atoms with Crippen LogP contribution < -0.4 is 16.4 Å². The minimum Gasteiger partial charge on any atom is -0.358 e. The quantitative estimate of drug-likeness (QED) is 0.548. The molecule has 10 heteroatoms. The van der Waals surface area contributed by atoms with Crippen LogP contribution >= 0.6 is 11.6 Å². The van der Waals surface area contributed by atoms with Crippen LogP contribution in [0.1, 0.15) is 18.4 Å². The summed E-state index contributed by atoms with van der Waals surface area (Å²) in [5.41, 5.74) is 6.18. The Balaban J connectivity index is 2.86. The van der Waals surface area contributed by atoms with Crippen LogP contribution in [0.4, 0.5) is 5.69 Å². The smallest absolute Gasteiger partial charge is 0.294 e. The molecule has 0 aliphatic heterocycles. The summed E-state index contributed by atoms with van der Waals surface area (Å²) >= 11 is 5.90. The fourth-order valence-electron chi connectivity index (χ4n) is 1.75. The van der Waals surface area contributed by atoms with E-state index in [0.717, 1.165) is 12.1 Å². The SMILES string of the molecule is CNC(=O)[C@@H](N)CCC(=O)Nc1cc(S(=O)(=O)O)cc(Cl)c1C. The maximum Gasteiger partial charge on any atom is 0.294 e. The molecule has 0 aliphatic rings. The first-order chi connectivity index (χ1) is 10.6. The maximum absolute atomic E-state index is 11.9. The molecule has 0 saturated carbocycles. The molecule has 2 amide bonds. The summed E-state index contributed by atoms with van der Waals surface area (Å²) in [6, 6.07) is 1.37. The van der Waals surface area contributed by atoms with Crippen LogP contribution in [0.2, 0.25) is 5.02 Å². The highest BCUT2D eigenvalue weighted by molar-refractivity contribution is 7.85. The lowest BCUT2D eigenvalue weighted by atomic mass is 10.1. The first kappa shape index (κ1) is 19.4. The number of nitrogens with one attached hydrogen (secondary N) is 2. The Morgan fingerprint density at radius 3 is 2.52 bits per heavy atom. The van der Waals surface area contributed by atoms with E-state index in [2.05, 4.69) is 10.6 Å². The van der Waals surface area contributed by atoms with E-state index in [4.69, 9.17) is 21.9 Å². The van der Waals surface area contributed by atoms with Crippen LogP contribution in [0.3, 0.4) is 0 Å². The van der Waals surface area contributed by atoms with Crippen LogP contribution in [0.25, 0.3) is 0 Å². The Morgan fingerprint density at radius 2 is 2.00 bits per heavy atom. The average Bonchev–Trinajstić information content (AvgIpc) is 2.47. The van der Waals surface area contributed by atoms with E-state index in [9.17, 15) is 18.0 Å². The van der Waals surface area contributed by atoms with Crippen LogP contribution in [-0.2, 0) is 19.7 Å². The van der Waals surface area contributed by atoms with Crippen LogP contribution in [0, 0.1) is 6.92 Å². The second kappa shape index (κ2) is 7.73. The number of rotatable bonds is 6. The Hall–Kier alpha value is -1.68. The monoisotopic (exact) mass is 363 g/mol. The molecule has 0 fully saturated rings. The minimum absolute atomic E-state index is 0.0399. The molecule has 1 rings (SSSR count). The summed E-state index contributed by atoms with van der Waals surface area (Å²) in [5, 5.41) is 4.94. The number of benzene rings is 1. The number of carbonyl (C=O) groups is 2. The molecular formula is C13H18ClN3O5S. The fraction of sp³-hybridized carbons (Fsp3) is 0.385. The molecule has 0 saturated heterocycles. The molecule has 0 heterocycles. The van der Waals surface area contributed by atoms with Crippen molar-refractivity contribution < 1.29 is 22.6 Å². The number of nitrogens with two attached hydrogens (primary N) is 1. The van der Waals surface area contributed by atoms with Gasteiger partial charge in [-0.1, -0.05) is 11.6 Å². The van der Waals surface area contributed by atoms with Crippen molar-refractivity contribution in [2.24, 2.45) is 5.73 Å². The maximum atomic E-state index is 11.9. The molecule has 1 atom stereocenters. The van der Waals surface area contributed by atoms with Crippen LogP contribution in [0.5, 0.6) is 0 Å². The largest absolute Gasteiger partial charge is 0.358 e. The van der Waals surface area contributed by atoms with Gasteiger partial charge in [0.15, 0.2) is 0 Å². The molecule has 8 nitrogen and oxygen atoms in total. The van der Waals surface area contributed by atoms with Gasteiger partial charge in [0.2, 0.25) is 11.8 Å². The standard InChI is InChI=1S/C13H18ClN3O5S/c1-7-9(14)5-8(23(20,21)22)6-11(7)17-12(18)4-3-10(15)13(19)16-2/h5-6,10H,3-4,15H2,1-2H3,(H,16,19)(H,17,18)(H,20,21,22)/t10-/m0/s1. The predicted molar refractivity (Wildman–Crippen MR) is 85.9 cm³/mol. The van der Waals surface area contributed by atoms with Crippen LogP contribution in [-0.4, -0.2) is 37.9 Å². The molecular weight excluding hydrogens is 346 g/mol. The molecule has 23 heavy (non-hydrogen) atoms. The molecule has 5 N–H and O–H groups in total. The van der Waals surface area contributed by atoms with Gasteiger partial charge in [0.25, 0.3) is 10.1 Å².